The van der Waals surface area contributed by atoms with Crippen LogP contribution in [0, 0.1) is 0 Å². The highest BCUT2D eigenvalue weighted by Gasteiger charge is 2.25. The average Bonchev–Trinajstić information content (AvgIpc) is 2.66. The van der Waals surface area contributed by atoms with Crippen LogP contribution in [0.25, 0.3) is 0 Å². The molecule has 2 rings (SSSR count). The molecule has 0 unspecified atom stereocenters. The molecule has 2 aromatic carbocycles. The molecule has 1 amide bonds. The Morgan fingerprint density at radius 3 is 2.00 bits per heavy atom. The first-order chi connectivity index (χ1) is 12.2. The highest BCUT2D eigenvalue weighted by molar-refractivity contribution is 7.92. The second kappa shape index (κ2) is 7.65. The molecule has 8 heteroatoms. The number of benzene rings is 2. The Hall–Kier alpha value is -2.74. The smallest absolute Gasteiger partial charge is 0.267 e. The summed E-state index contributed by atoms with van der Waals surface area (Å²) in [7, 11) is 2.17. The normalized spacial score (nSPS) is 11.0. The number of carbonyl (C=O) groups excluding carboxylic acids is 1. The third-order valence-electron chi connectivity index (χ3n) is 4.08. The number of rotatable bonds is 6. The second-order valence-corrected chi connectivity index (χ2v) is 7.52. The van der Waals surface area contributed by atoms with E-state index in [-0.39, 0.29) is 16.6 Å². The minimum absolute atomic E-state index is 0.0354. The third-order valence-corrected chi connectivity index (χ3v) is 5.91. The third kappa shape index (κ3) is 3.75. The Morgan fingerprint density at radius 2 is 1.50 bits per heavy atom. The van der Waals surface area contributed by atoms with Crippen LogP contribution in [0.15, 0.2) is 47.4 Å². The molecular weight excluding hydrogens is 356 g/mol. The molecule has 0 bridgehead atoms. The maximum absolute atomic E-state index is 13.0. The molecule has 0 aromatic heterocycles. The van der Waals surface area contributed by atoms with Crippen molar-refractivity contribution in [1.82, 2.24) is 0 Å². The molecule has 7 nitrogen and oxygen atoms in total. The molecule has 0 fully saturated rings. The summed E-state index contributed by atoms with van der Waals surface area (Å²) in [6.07, 6.45) is 0. The van der Waals surface area contributed by atoms with Crippen molar-refractivity contribution in [2.24, 2.45) is 0 Å². The van der Waals surface area contributed by atoms with Gasteiger partial charge in [0, 0.05) is 32.8 Å². The lowest BCUT2D eigenvalue weighted by Crippen LogP contribution is -2.27. The van der Waals surface area contributed by atoms with E-state index in [0.29, 0.717) is 17.1 Å². The van der Waals surface area contributed by atoms with E-state index in [2.05, 4.69) is 0 Å². The Bertz CT molecular complexity index is 894. The number of carbonyl (C=O) groups is 1. The van der Waals surface area contributed by atoms with Crippen LogP contribution in [0.1, 0.15) is 6.92 Å². The first kappa shape index (κ1) is 19.6. The molecule has 140 valence electrons. The Morgan fingerprint density at radius 1 is 0.923 bits per heavy atom. The molecule has 0 saturated carbocycles. The van der Waals surface area contributed by atoms with Gasteiger partial charge in [-0.1, -0.05) is 0 Å². The summed E-state index contributed by atoms with van der Waals surface area (Å²) in [5, 5.41) is 0. The monoisotopic (exact) mass is 378 g/mol. The van der Waals surface area contributed by atoms with E-state index in [1.807, 2.05) is 0 Å². The summed E-state index contributed by atoms with van der Waals surface area (Å²) in [5.41, 5.74) is 1.14. The standard InChI is InChI=1S/C18H22N2O5S/c1-13(21)19(2)14-6-8-15(9-7-14)20(3)26(22,23)18-11-10-16(24-4)12-17(18)25-5/h6-12H,1-5H3. The fourth-order valence-electron chi connectivity index (χ4n) is 2.34. The number of hydrogen-bond donors (Lipinski definition) is 0. The van der Waals surface area contributed by atoms with Crippen molar-refractivity contribution in [3.63, 3.8) is 0 Å². The molecule has 0 aliphatic carbocycles. The summed E-state index contributed by atoms with van der Waals surface area (Å²) in [6.45, 7) is 1.46. The van der Waals surface area contributed by atoms with Gasteiger partial charge in [0.25, 0.3) is 10.0 Å². The van der Waals surface area contributed by atoms with Crippen LogP contribution in [0.3, 0.4) is 0 Å². The van der Waals surface area contributed by atoms with Gasteiger partial charge in [-0.25, -0.2) is 8.42 Å². The topological polar surface area (TPSA) is 76.2 Å². The van der Waals surface area contributed by atoms with Gasteiger partial charge in [0.2, 0.25) is 5.91 Å². The van der Waals surface area contributed by atoms with Crippen LogP contribution in [0.2, 0.25) is 0 Å². The molecule has 26 heavy (non-hydrogen) atoms. The largest absolute Gasteiger partial charge is 0.497 e. The Balaban J connectivity index is 2.39. The fraction of sp³-hybridized carbons (Fsp3) is 0.278. The quantitative estimate of drug-likeness (QED) is 0.772. The van der Waals surface area contributed by atoms with Gasteiger partial charge >= 0.3 is 0 Å². The van der Waals surface area contributed by atoms with Crippen LogP contribution in [0.4, 0.5) is 11.4 Å². The first-order valence-corrected chi connectivity index (χ1v) is 9.21. The lowest BCUT2D eigenvalue weighted by Gasteiger charge is -2.22. The zero-order valence-electron chi connectivity index (χ0n) is 15.4. The number of anilines is 2. The van der Waals surface area contributed by atoms with E-state index in [4.69, 9.17) is 9.47 Å². The number of amides is 1. The predicted molar refractivity (Wildman–Crippen MR) is 101 cm³/mol. The molecule has 0 spiro atoms. The SMILES string of the molecule is COc1ccc(S(=O)(=O)N(C)c2ccc(N(C)C(C)=O)cc2)c(OC)c1. The van der Waals surface area contributed by atoms with Gasteiger partial charge in [-0.15, -0.1) is 0 Å². The highest BCUT2D eigenvalue weighted by Crippen LogP contribution is 2.32. The molecule has 0 N–H and O–H groups in total. The molecule has 2 aromatic rings. The lowest BCUT2D eigenvalue weighted by atomic mass is 10.2. The lowest BCUT2D eigenvalue weighted by molar-refractivity contribution is -0.116. The van der Waals surface area contributed by atoms with Crippen LogP contribution in [-0.2, 0) is 14.8 Å². The molecule has 0 radical (unpaired) electrons. The number of hydrogen-bond acceptors (Lipinski definition) is 5. The van der Waals surface area contributed by atoms with Gasteiger partial charge in [-0.05, 0) is 36.4 Å². The molecule has 0 heterocycles. The summed E-state index contributed by atoms with van der Waals surface area (Å²) in [6, 6.07) is 11.2. The number of methoxy groups -OCH3 is 2. The first-order valence-electron chi connectivity index (χ1n) is 7.77. The van der Waals surface area contributed by atoms with Crippen molar-refractivity contribution >= 4 is 27.3 Å². The van der Waals surface area contributed by atoms with E-state index in [9.17, 15) is 13.2 Å². The van der Waals surface area contributed by atoms with Gasteiger partial charge in [0.05, 0.1) is 19.9 Å². The second-order valence-electron chi connectivity index (χ2n) is 5.58. The summed E-state index contributed by atoms with van der Waals surface area (Å²) in [5.74, 6) is 0.589. The van der Waals surface area contributed by atoms with Crippen LogP contribution < -0.4 is 18.7 Å². The fourth-order valence-corrected chi connectivity index (χ4v) is 3.67. The summed E-state index contributed by atoms with van der Waals surface area (Å²) >= 11 is 0. The predicted octanol–water partition coefficient (Wildman–Crippen LogP) is 2.51. The number of ether oxygens (including phenoxy) is 2. The zero-order chi connectivity index (χ0) is 19.5. The maximum atomic E-state index is 13.0. The van der Waals surface area contributed by atoms with Crippen molar-refractivity contribution in [2.75, 3.05) is 37.5 Å². The van der Waals surface area contributed by atoms with Crippen molar-refractivity contribution in [2.45, 2.75) is 11.8 Å². The van der Waals surface area contributed by atoms with Crippen molar-refractivity contribution < 1.29 is 22.7 Å². The van der Waals surface area contributed by atoms with Gasteiger partial charge in [-0.2, -0.15) is 0 Å². The minimum Gasteiger partial charge on any atom is -0.497 e. The van der Waals surface area contributed by atoms with Gasteiger partial charge < -0.3 is 14.4 Å². The Kier molecular flexibility index (Phi) is 5.76. The zero-order valence-corrected chi connectivity index (χ0v) is 16.2. The van der Waals surface area contributed by atoms with Crippen molar-refractivity contribution in [1.29, 1.82) is 0 Å². The van der Waals surface area contributed by atoms with Crippen molar-refractivity contribution in [3.8, 4) is 11.5 Å². The van der Waals surface area contributed by atoms with E-state index in [1.165, 1.54) is 45.2 Å². The van der Waals surface area contributed by atoms with Gasteiger partial charge in [0.1, 0.15) is 16.4 Å². The number of sulfonamides is 1. The molecule has 0 saturated heterocycles. The van der Waals surface area contributed by atoms with E-state index < -0.39 is 10.0 Å². The van der Waals surface area contributed by atoms with Gasteiger partial charge in [0.15, 0.2) is 0 Å². The van der Waals surface area contributed by atoms with Gasteiger partial charge in [-0.3, -0.25) is 9.10 Å². The summed E-state index contributed by atoms with van der Waals surface area (Å²) < 4.78 is 37.4. The maximum Gasteiger partial charge on any atom is 0.267 e. The van der Waals surface area contributed by atoms with E-state index in [0.717, 1.165) is 4.31 Å². The summed E-state index contributed by atoms with van der Waals surface area (Å²) in [4.78, 5) is 12.9. The van der Waals surface area contributed by atoms with Crippen LogP contribution in [-0.4, -0.2) is 42.6 Å². The molecule has 0 aliphatic heterocycles. The highest BCUT2D eigenvalue weighted by atomic mass is 32.2. The van der Waals surface area contributed by atoms with E-state index >= 15 is 0 Å². The van der Waals surface area contributed by atoms with E-state index in [1.54, 1.807) is 37.4 Å². The number of nitrogens with zero attached hydrogens (tertiary/aromatic N) is 2. The van der Waals surface area contributed by atoms with Crippen molar-refractivity contribution in [3.05, 3.63) is 42.5 Å². The molecular formula is C18H22N2O5S. The Labute approximate surface area is 153 Å². The minimum atomic E-state index is -3.84. The van der Waals surface area contributed by atoms with Crippen LogP contribution >= 0.6 is 0 Å². The van der Waals surface area contributed by atoms with Crippen LogP contribution in [0.5, 0.6) is 11.5 Å². The molecule has 0 aliphatic rings. The average molecular weight is 378 g/mol. The molecule has 0 atom stereocenters.